The Balaban J connectivity index is 1.52. The number of benzene rings is 1. The third-order valence-electron chi connectivity index (χ3n) is 4.78. The Kier molecular flexibility index (Phi) is 6.34. The molecule has 1 saturated carbocycles. The zero-order valence-corrected chi connectivity index (χ0v) is 16.7. The minimum atomic E-state index is -0.183. The fraction of sp³-hybridized carbons (Fsp3) is 0.526. The van der Waals surface area contributed by atoms with Crippen LogP contribution in [0.5, 0.6) is 0 Å². The third-order valence-corrected chi connectivity index (χ3v) is 5.01. The van der Waals surface area contributed by atoms with E-state index in [1.54, 1.807) is 7.05 Å². The molecular formula is C19H26ClN5O2. The van der Waals surface area contributed by atoms with Crippen molar-refractivity contribution in [3.63, 3.8) is 0 Å². The molecule has 1 fully saturated rings. The molecule has 0 amide bonds. The number of hydrogen-bond acceptors (Lipinski definition) is 5. The molecule has 27 heavy (non-hydrogen) atoms. The number of aliphatic imine (C=N–C) groups is 1. The maximum absolute atomic E-state index is 6.14. The lowest BCUT2D eigenvalue weighted by molar-refractivity contribution is 0.0683. The number of aromatic nitrogens is 2. The summed E-state index contributed by atoms with van der Waals surface area (Å²) in [6.07, 6.45) is 2.09. The smallest absolute Gasteiger partial charge is 0.246 e. The Bertz CT molecular complexity index is 788. The van der Waals surface area contributed by atoms with Crippen LogP contribution in [0, 0.1) is 0 Å². The van der Waals surface area contributed by atoms with E-state index in [9.17, 15) is 0 Å². The van der Waals surface area contributed by atoms with Gasteiger partial charge in [0, 0.05) is 30.6 Å². The first-order chi connectivity index (χ1) is 13.1. The van der Waals surface area contributed by atoms with E-state index in [0.717, 1.165) is 24.4 Å². The largest absolute Gasteiger partial charge is 0.371 e. The zero-order chi connectivity index (χ0) is 19.3. The monoisotopic (exact) mass is 391 g/mol. The summed E-state index contributed by atoms with van der Waals surface area (Å²) < 4.78 is 10.7. The number of ether oxygens (including phenoxy) is 1. The summed E-state index contributed by atoms with van der Waals surface area (Å²) in [6, 6.07) is 8.09. The Hall–Kier alpha value is -2.12. The fourth-order valence-corrected chi connectivity index (χ4v) is 3.19. The second kappa shape index (κ2) is 8.71. The average Bonchev–Trinajstić information content (AvgIpc) is 3.31. The van der Waals surface area contributed by atoms with Crippen LogP contribution < -0.4 is 10.6 Å². The number of nitrogens with one attached hydrogen (secondary N) is 2. The maximum atomic E-state index is 6.14. The second-order valence-electron chi connectivity index (χ2n) is 6.71. The fourth-order valence-electron chi connectivity index (χ4n) is 3.00. The van der Waals surface area contributed by atoms with Crippen LogP contribution in [0.15, 0.2) is 33.8 Å². The molecule has 7 nitrogen and oxygen atoms in total. The molecule has 1 heterocycles. The predicted octanol–water partition coefficient (Wildman–Crippen LogP) is 3.22. The molecule has 0 aliphatic heterocycles. The van der Waals surface area contributed by atoms with Gasteiger partial charge in [0.05, 0.1) is 6.54 Å². The topological polar surface area (TPSA) is 84.6 Å². The summed E-state index contributed by atoms with van der Waals surface area (Å²) in [6.45, 7) is 5.63. The Labute approximate surface area is 164 Å². The first kappa shape index (κ1) is 19.6. The molecule has 0 spiro atoms. The first-order valence-electron chi connectivity index (χ1n) is 9.21. The lowest BCUT2D eigenvalue weighted by atomic mass is 9.96. The third kappa shape index (κ3) is 4.99. The van der Waals surface area contributed by atoms with E-state index in [2.05, 4.69) is 31.8 Å². The van der Waals surface area contributed by atoms with Crippen molar-refractivity contribution in [1.82, 2.24) is 20.8 Å². The van der Waals surface area contributed by atoms with Crippen molar-refractivity contribution in [3.8, 4) is 0 Å². The molecule has 1 atom stereocenters. The number of rotatable bonds is 8. The van der Waals surface area contributed by atoms with Gasteiger partial charge in [-0.2, -0.15) is 4.98 Å². The van der Waals surface area contributed by atoms with Crippen LogP contribution >= 0.6 is 11.6 Å². The van der Waals surface area contributed by atoms with Gasteiger partial charge in [0.2, 0.25) is 5.89 Å². The number of nitrogens with zero attached hydrogens (tertiary/aromatic N) is 3. The van der Waals surface area contributed by atoms with E-state index >= 15 is 0 Å². The average molecular weight is 392 g/mol. The van der Waals surface area contributed by atoms with E-state index in [0.29, 0.717) is 30.8 Å². The summed E-state index contributed by atoms with van der Waals surface area (Å²) in [5, 5.41) is 11.3. The number of halogens is 1. The molecule has 0 radical (unpaired) electrons. The van der Waals surface area contributed by atoms with Crippen molar-refractivity contribution >= 4 is 17.6 Å². The van der Waals surface area contributed by atoms with Crippen LogP contribution in [0.4, 0.5) is 0 Å². The van der Waals surface area contributed by atoms with E-state index in [-0.39, 0.29) is 11.5 Å². The van der Waals surface area contributed by atoms with Crippen molar-refractivity contribution in [1.29, 1.82) is 0 Å². The van der Waals surface area contributed by atoms with Gasteiger partial charge in [-0.1, -0.05) is 28.9 Å². The lowest BCUT2D eigenvalue weighted by Gasteiger charge is -2.19. The molecule has 3 rings (SSSR count). The highest BCUT2D eigenvalue weighted by molar-refractivity contribution is 6.30. The van der Waals surface area contributed by atoms with E-state index in [1.807, 2.05) is 32.0 Å². The summed E-state index contributed by atoms with van der Waals surface area (Å²) in [4.78, 5) is 8.62. The molecule has 1 aromatic heterocycles. The molecular weight excluding hydrogens is 366 g/mol. The van der Waals surface area contributed by atoms with Crippen molar-refractivity contribution in [3.05, 3.63) is 46.6 Å². The van der Waals surface area contributed by atoms with Crippen LogP contribution in [0.2, 0.25) is 5.02 Å². The van der Waals surface area contributed by atoms with Crippen molar-refractivity contribution < 1.29 is 9.26 Å². The van der Waals surface area contributed by atoms with E-state index in [4.69, 9.17) is 20.9 Å². The molecule has 1 aliphatic rings. The number of guanidine groups is 1. The highest BCUT2D eigenvalue weighted by atomic mass is 35.5. The zero-order valence-electron chi connectivity index (χ0n) is 16.0. The highest BCUT2D eigenvalue weighted by Gasteiger charge is 2.44. The molecule has 1 unspecified atom stereocenters. The van der Waals surface area contributed by atoms with Crippen molar-refractivity contribution in [2.45, 2.75) is 44.8 Å². The maximum Gasteiger partial charge on any atom is 0.246 e. The van der Waals surface area contributed by atoms with Gasteiger partial charge in [0.1, 0.15) is 6.10 Å². The summed E-state index contributed by atoms with van der Waals surface area (Å²) in [5.41, 5.74) is 1.40. The normalized spacial score (nSPS) is 16.8. The van der Waals surface area contributed by atoms with Gasteiger partial charge in [0.25, 0.3) is 0 Å². The molecule has 1 aliphatic carbocycles. The molecule has 2 N–H and O–H groups in total. The molecule has 2 aromatic rings. The SMILES string of the molecule is CCOC(C)c1noc(CNC(=NC)NCC2(c3cccc(Cl)c3)CC2)n1. The highest BCUT2D eigenvalue weighted by Crippen LogP contribution is 2.48. The van der Waals surface area contributed by atoms with Crippen LogP contribution in [0.25, 0.3) is 0 Å². The standard InChI is InChI=1S/C19H26ClN5O2/c1-4-26-13(2)17-24-16(27-25-17)11-22-18(21-3)23-12-19(8-9-19)14-6-5-7-15(20)10-14/h5-7,10,13H,4,8-9,11-12H2,1-3H3,(H2,21,22,23). The van der Waals surface area contributed by atoms with Crippen LogP contribution in [-0.4, -0.2) is 36.3 Å². The summed E-state index contributed by atoms with van der Waals surface area (Å²) in [5.74, 6) is 1.74. The Morgan fingerprint density at radius 3 is 2.89 bits per heavy atom. The minimum absolute atomic E-state index is 0.132. The molecule has 146 valence electrons. The van der Waals surface area contributed by atoms with Crippen LogP contribution in [0.1, 0.15) is 50.1 Å². The number of hydrogen-bond donors (Lipinski definition) is 2. The van der Waals surface area contributed by atoms with Crippen molar-refractivity contribution in [2.24, 2.45) is 4.99 Å². The quantitative estimate of drug-likeness (QED) is 0.531. The van der Waals surface area contributed by atoms with Gasteiger partial charge in [-0.3, -0.25) is 4.99 Å². The first-order valence-corrected chi connectivity index (χ1v) is 9.59. The molecule has 0 bridgehead atoms. The van der Waals surface area contributed by atoms with Gasteiger partial charge in [-0.05, 0) is 44.4 Å². The minimum Gasteiger partial charge on any atom is -0.371 e. The van der Waals surface area contributed by atoms with Crippen molar-refractivity contribution in [2.75, 3.05) is 20.2 Å². The summed E-state index contributed by atoms with van der Waals surface area (Å²) in [7, 11) is 1.74. The van der Waals surface area contributed by atoms with Crippen LogP contribution in [0.3, 0.4) is 0 Å². The van der Waals surface area contributed by atoms with E-state index in [1.165, 1.54) is 5.56 Å². The van der Waals surface area contributed by atoms with Crippen LogP contribution in [-0.2, 0) is 16.7 Å². The molecule has 1 aromatic carbocycles. The predicted molar refractivity (Wildman–Crippen MR) is 105 cm³/mol. The Morgan fingerprint density at radius 1 is 1.41 bits per heavy atom. The van der Waals surface area contributed by atoms with Gasteiger partial charge in [-0.15, -0.1) is 0 Å². The van der Waals surface area contributed by atoms with Gasteiger partial charge in [-0.25, -0.2) is 0 Å². The molecule has 8 heteroatoms. The van der Waals surface area contributed by atoms with Gasteiger partial charge >= 0.3 is 0 Å². The summed E-state index contributed by atoms with van der Waals surface area (Å²) >= 11 is 6.14. The second-order valence-corrected chi connectivity index (χ2v) is 7.15. The molecule has 0 saturated heterocycles. The Morgan fingerprint density at radius 2 is 2.22 bits per heavy atom. The van der Waals surface area contributed by atoms with Gasteiger partial charge in [0.15, 0.2) is 11.8 Å². The van der Waals surface area contributed by atoms with Gasteiger partial charge < -0.3 is 19.9 Å². The lowest BCUT2D eigenvalue weighted by Crippen LogP contribution is -2.41. The van der Waals surface area contributed by atoms with E-state index < -0.39 is 0 Å².